The molecule has 0 heterocycles. The van der Waals surface area contributed by atoms with Gasteiger partial charge in [-0.25, -0.2) is 9.18 Å². The Kier molecular flexibility index (Phi) is 6.71. The van der Waals surface area contributed by atoms with Crippen LogP contribution in [0.3, 0.4) is 0 Å². The van der Waals surface area contributed by atoms with Crippen LogP contribution < -0.4 is 10.6 Å². The summed E-state index contributed by atoms with van der Waals surface area (Å²) in [5, 5.41) is 6.15. The van der Waals surface area contributed by atoms with E-state index in [-0.39, 0.29) is 18.0 Å². The Bertz CT molecular complexity index is 567. The molecule has 1 aromatic carbocycles. The maximum atomic E-state index is 13.8. The van der Waals surface area contributed by atoms with E-state index in [0.29, 0.717) is 11.6 Å². The molecule has 6 heteroatoms. The summed E-state index contributed by atoms with van der Waals surface area (Å²) in [5.74, 6) is 0.294. The van der Waals surface area contributed by atoms with E-state index in [0.717, 1.165) is 35.8 Å². The standard InChI is InChI=1S/C18H26FIN2O2/c1-18(2,3)24-17(23)22-14-7-4-12(5-8-14)11-21-16-9-6-13(20)10-15(16)19/h6,9-10,12,14,21H,4-5,7-8,11H2,1-3H3,(H,22,23)/t12-,14+. The van der Waals surface area contributed by atoms with E-state index < -0.39 is 5.60 Å². The van der Waals surface area contributed by atoms with Gasteiger partial charge >= 0.3 is 6.09 Å². The topological polar surface area (TPSA) is 50.4 Å². The average Bonchev–Trinajstić information content (AvgIpc) is 2.46. The molecule has 1 saturated carbocycles. The third-order valence-electron chi connectivity index (χ3n) is 4.08. The highest BCUT2D eigenvalue weighted by atomic mass is 127. The molecule has 0 radical (unpaired) electrons. The Hall–Kier alpha value is -1.05. The molecule has 0 aromatic heterocycles. The Labute approximate surface area is 157 Å². The highest BCUT2D eigenvalue weighted by Gasteiger charge is 2.24. The molecule has 0 saturated heterocycles. The first-order valence-electron chi connectivity index (χ1n) is 8.41. The van der Waals surface area contributed by atoms with Gasteiger partial charge in [-0.15, -0.1) is 0 Å². The van der Waals surface area contributed by atoms with Crippen LogP contribution in [0, 0.1) is 15.3 Å². The zero-order valence-corrected chi connectivity index (χ0v) is 16.7. The molecule has 134 valence electrons. The fraction of sp³-hybridized carbons (Fsp3) is 0.611. The van der Waals surface area contributed by atoms with E-state index in [1.165, 1.54) is 6.07 Å². The van der Waals surface area contributed by atoms with Crippen LogP contribution in [0.5, 0.6) is 0 Å². The fourth-order valence-corrected chi connectivity index (χ4v) is 3.33. The lowest BCUT2D eigenvalue weighted by molar-refractivity contribution is 0.0488. The third-order valence-corrected chi connectivity index (χ3v) is 4.75. The normalized spacial score (nSPS) is 21.2. The molecule has 1 amide bonds. The summed E-state index contributed by atoms with van der Waals surface area (Å²) in [4.78, 5) is 11.8. The summed E-state index contributed by atoms with van der Waals surface area (Å²) >= 11 is 2.10. The maximum Gasteiger partial charge on any atom is 0.407 e. The molecule has 2 rings (SSSR count). The second kappa shape index (κ2) is 8.36. The van der Waals surface area contributed by atoms with E-state index in [2.05, 4.69) is 33.2 Å². The van der Waals surface area contributed by atoms with Gasteiger partial charge in [0.25, 0.3) is 0 Å². The number of benzene rings is 1. The molecule has 1 fully saturated rings. The van der Waals surface area contributed by atoms with Crippen molar-refractivity contribution in [1.82, 2.24) is 5.32 Å². The number of anilines is 1. The molecular formula is C18H26FIN2O2. The minimum atomic E-state index is -0.469. The van der Waals surface area contributed by atoms with Crippen LogP contribution >= 0.6 is 22.6 Å². The number of alkyl carbamates (subject to hydrolysis) is 1. The molecule has 0 unspecified atom stereocenters. The second-order valence-corrected chi connectivity index (χ2v) is 8.61. The van der Waals surface area contributed by atoms with Crippen molar-refractivity contribution in [1.29, 1.82) is 0 Å². The maximum absolute atomic E-state index is 13.8. The van der Waals surface area contributed by atoms with Crippen LogP contribution in [0.1, 0.15) is 46.5 Å². The molecule has 1 aliphatic rings. The summed E-state index contributed by atoms with van der Waals surface area (Å²) in [5.41, 5.74) is 0.0902. The van der Waals surface area contributed by atoms with Gasteiger partial charge in [0.2, 0.25) is 0 Å². The van der Waals surface area contributed by atoms with Gasteiger partial charge in [0.15, 0.2) is 0 Å². The molecule has 0 spiro atoms. The molecule has 0 atom stereocenters. The number of carbonyl (C=O) groups is 1. The Morgan fingerprint density at radius 2 is 1.96 bits per heavy atom. The van der Waals surface area contributed by atoms with Crippen molar-refractivity contribution in [3.63, 3.8) is 0 Å². The van der Waals surface area contributed by atoms with E-state index in [4.69, 9.17) is 4.74 Å². The van der Waals surface area contributed by atoms with Crippen LogP contribution in [0.15, 0.2) is 18.2 Å². The van der Waals surface area contributed by atoms with E-state index >= 15 is 0 Å². The second-order valence-electron chi connectivity index (χ2n) is 7.37. The van der Waals surface area contributed by atoms with E-state index in [1.807, 2.05) is 26.8 Å². The minimum absolute atomic E-state index is 0.172. The van der Waals surface area contributed by atoms with Crippen LogP contribution in [0.2, 0.25) is 0 Å². The van der Waals surface area contributed by atoms with Gasteiger partial charge in [-0.2, -0.15) is 0 Å². The van der Waals surface area contributed by atoms with Crippen molar-refractivity contribution >= 4 is 34.4 Å². The lowest BCUT2D eigenvalue weighted by atomic mass is 9.86. The van der Waals surface area contributed by atoms with Gasteiger partial charge in [-0.1, -0.05) is 0 Å². The number of nitrogens with one attached hydrogen (secondary N) is 2. The molecule has 24 heavy (non-hydrogen) atoms. The first-order valence-corrected chi connectivity index (χ1v) is 9.49. The van der Waals surface area contributed by atoms with Gasteiger partial charge in [0.1, 0.15) is 11.4 Å². The predicted octanol–water partition coefficient (Wildman–Crippen LogP) is 4.93. The summed E-state index contributed by atoms with van der Waals surface area (Å²) in [6, 6.07) is 5.39. The Morgan fingerprint density at radius 3 is 2.54 bits per heavy atom. The number of ether oxygens (including phenoxy) is 1. The first kappa shape index (κ1) is 19.3. The fourth-order valence-electron chi connectivity index (χ4n) is 2.87. The molecule has 1 aromatic rings. The highest BCUT2D eigenvalue weighted by molar-refractivity contribution is 14.1. The summed E-state index contributed by atoms with van der Waals surface area (Å²) in [6.45, 7) is 6.34. The van der Waals surface area contributed by atoms with Gasteiger partial charge < -0.3 is 15.4 Å². The minimum Gasteiger partial charge on any atom is -0.444 e. The largest absolute Gasteiger partial charge is 0.444 e. The van der Waals surface area contributed by atoms with E-state index in [9.17, 15) is 9.18 Å². The first-order chi connectivity index (χ1) is 11.2. The average molecular weight is 448 g/mol. The summed E-state index contributed by atoms with van der Waals surface area (Å²) in [6.07, 6.45) is 3.55. The van der Waals surface area contributed by atoms with E-state index in [1.54, 1.807) is 6.07 Å². The van der Waals surface area contributed by atoms with Crippen molar-refractivity contribution in [3.8, 4) is 0 Å². The lowest BCUT2D eigenvalue weighted by Crippen LogP contribution is -2.41. The van der Waals surface area contributed by atoms with Gasteiger partial charge in [0, 0.05) is 16.2 Å². The van der Waals surface area contributed by atoms with Crippen LogP contribution in [-0.4, -0.2) is 24.3 Å². The predicted molar refractivity (Wildman–Crippen MR) is 103 cm³/mol. The molecular weight excluding hydrogens is 422 g/mol. The molecule has 0 bridgehead atoms. The quantitative estimate of drug-likeness (QED) is 0.643. The van der Waals surface area contributed by atoms with Crippen LogP contribution in [-0.2, 0) is 4.74 Å². The number of carbonyl (C=O) groups excluding carboxylic acids is 1. The Morgan fingerprint density at radius 1 is 1.29 bits per heavy atom. The van der Waals surface area contributed by atoms with Crippen molar-refractivity contribution < 1.29 is 13.9 Å². The molecule has 0 aliphatic heterocycles. The van der Waals surface area contributed by atoms with Crippen molar-refractivity contribution in [2.24, 2.45) is 5.92 Å². The Balaban J connectivity index is 1.72. The summed E-state index contributed by atoms with van der Waals surface area (Å²) < 4.78 is 20.0. The zero-order chi connectivity index (χ0) is 17.7. The third kappa shape index (κ3) is 6.45. The highest BCUT2D eigenvalue weighted by Crippen LogP contribution is 2.26. The molecule has 2 N–H and O–H groups in total. The SMILES string of the molecule is CC(C)(C)OC(=O)N[C@H]1CC[C@@H](CNc2ccc(I)cc2F)CC1. The lowest BCUT2D eigenvalue weighted by Gasteiger charge is -2.30. The van der Waals surface area contributed by atoms with Crippen LogP contribution in [0.25, 0.3) is 0 Å². The number of halogens is 2. The number of hydrogen-bond acceptors (Lipinski definition) is 3. The summed E-state index contributed by atoms with van der Waals surface area (Å²) in [7, 11) is 0. The van der Waals surface area contributed by atoms with Crippen molar-refractivity contribution in [3.05, 3.63) is 27.6 Å². The van der Waals surface area contributed by atoms with Gasteiger partial charge in [-0.3, -0.25) is 0 Å². The monoisotopic (exact) mass is 448 g/mol. The van der Waals surface area contributed by atoms with Gasteiger partial charge in [0.05, 0.1) is 5.69 Å². The zero-order valence-electron chi connectivity index (χ0n) is 14.5. The number of hydrogen-bond donors (Lipinski definition) is 2. The van der Waals surface area contributed by atoms with Crippen molar-refractivity contribution in [2.45, 2.75) is 58.1 Å². The number of rotatable bonds is 4. The van der Waals surface area contributed by atoms with Crippen LogP contribution in [0.4, 0.5) is 14.9 Å². The smallest absolute Gasteiger partial charge is 0.407 e. The molecule has 4 nitrogen and oxygen atoms in total. The number of amides is 1. The van der Waals surface area contributed by atoms with Crippen molar-refractivity contribution in [2.75, 3.05) is 11.9 Å². The van der Waals surface area contributed by atoms with Gasteiger partial charge in [-0.05, 0) is 93.2 Å². The molecule has 1 aliphatic carbocycles.